The summed E-state index contributed by atoms with van der Waals surface area (Å²) in [6.45, 7) is 4.80. The minimum absolute atomic E-state index is 0.196. The first-order valence-electron chi connectivity index (χ1n) is 11.4. The van der Waals surface area contributed by atoms with Crippen molar-refractivity contribution < 1.29 is 29.0 Å². The molecule has 0 aromatic carbocycles. The summed E-state index contributed by atoms with van der Waals surface area (Å²) in [5.74, 6) is -2.67. The number of cyclic esters (lactones) is 1. The minimum Gasteiger partial charge on any atom is -0.465 e. The van der Waals surface area contributed by atoms with Crippen molar-refractivity contribution in [3.63, 3.8) is 0 Å². The Hall–Kier alpha value is -2.19. The van der Waals surface area contributed by atoms with E-state index in [0.717, 1.165) is 19.3 Å². The van der Waals surface area contributed by atoms with Crippen molar-refractivity contribution >= 4 is 17.8 Å². The normalized spacial score (nSPS) is 37.2. The molecule has 0 aliphatic carbocycles. The number of hydrogen-bond donors (Lipinski definition) is 1. The van der Waals surface area contributed by atoms with Gasteiger partial charge in [0.05, 0.1) is 31.3 Å². The Balaban J connectivity index is 1.81. The first kappa shape index (κ1) is 22.0. The van der Waals surface area contributed by atoms with E-state index >= 15 is 0 Å². The van der Waals surface area contributed by atoms with E-state index in [4.69, 9.17) is 9.47 Å². The maximum atomic E-state index is 13.7. The fourth-order valence-electron chi connectivity index (χ4n) is 5.35. The maximum Gasteiger partial charge on any atom is 0.312 e. The smallest absolute Gasteiger partial charge is 0.312 e. The number of aliphatic hydroxyl groups excluding tert-OH is 1. The SMILES string of the molecule is CCCCN1CC=CC23O[C@@H]4/C=C\CCCOC(=O)C4[C@H]2C(=O)N(C(C)CO)[C@@H]3C1=O. The highest BCUT2D eigenvalue weighted by Gasteiger charge is 2.72. The van der Waals surface area contributed by atoms with Crippen molar-refractivity contribution in [2.24, 2.45) is 11.8 Å². The lowest BCUT2D eigenvalue weighted by atomic mass is 9.78. The number of rotatable bonds is 5. The molecule has 8 heteroatoms. The molecule has 2 amide bonds. The molecule has 4 aliphatic rings. The van der Waals surface area contributed by atoms with E-state index in [1.165, 1.54) is 4.90 Å². The zero-order chi connectivity index (χ0) is 22.2. The van der Waals surface area contributed by atoms with Crippen LogP contribution in [-0.2, 0) is 23.9 Å². The van der Waals surface area contributed by atoms with Gasteiger partial charge in [0.15, 0.2) is 0 Å². The topological polar surface area (TPSA) is 96.4 Å². The summed E-state index contributed by atoms with van der Waals surface area (Å²) >= 11 is 0. The van der Waals surface area contributed by atoms with Gasteiger partial charge >= 0.3 is 5.97 Å². The molecule has 4 aliphatic heterocycles. The van der Waals surface area contributed by atoms with Gasteiger partial charge in [-0.1, -0.05) is 37.6 Å². The van der Waals surface area contributed by atoms with Crippen LogP contribution in [0.4, 0.5) is 0 Å². The Labute approximate surface area is 182 Å². The lowest BCUT2D eigenvalue weighted by Crippen LogP contribution is -2.57. The quantitative estimate of drug-likeness (QED) is 0.515. The molecule has 0 saturated carbocycles. The van der Waals surface area contributed by atoms with E-state index in [-0.39, 0.29) is 18.4 Å². The first-order valence-corrected chi connectivity index (χ1v) is 11.4. The fraction of sp³-hybridized carbons (Fsp3) is 0.696. The van der Waals surface area contributed by atoms with Gasteiger partial charge in [0, 0.05) is 13.1 Å². The molecule has 8 nitrogen and oxygen atoms in total. The zero-order valence-electron chi connectivity index (χ0n) is 18.2. The van der Waals surface area contributed by atoms with E-state index < -0.39 is 41.6 Å². The van der Waals surface area contributed by atoms with E-state index in [9.17, 15) is 19.5 Å². The summed E-state index contributed by atoms with van der Waals surface area (Å²) in [5, 5.41) is 9.85. The summed E-state index contributed by atoms with van der Waals surface area (Å²) in [6, 6.07) is -1.49. The molecule has 3 unspecified atom stereocenters. The monoisotopic (exact) mass is 432 g/mol. The fourth-order valence-corrected chi connectivity index (χ4v) is 5.35. The summed E-state index contributed by atoms with van der Waals surface area (Å²) in [5.41, 5.74) is -1.25. The summed E-state index contributed by atoms with van der Waals surface area (Å²) in [7, 11) is 0. The molecular weight excluding hydrogens is 400 g/mol. The van der Waals surface area contributed by atoms with Gasteiger partial charge in [0.1, 0.15) is 17.6 Å². The van der Waals surface area contributed by atoms with Crippen LogP contribution in [0, 0.1) is 11.8 Å². The van der Waals surface area contributed by atoms with E-state index in [2.05, 4.69) is 6.92 Å². The number of nitrogens with zero attached hydrogens (tertiary/aromatic N) is 2. The standard InChI is InChI=1S/C23H32N2O6/c1-3-4-11-24-12-8-10-23-18(20(27)25(15(2)14-26)19(23)21(24)28)17-16(31-23)9-6-5-7-13-30-22(17)29/h6,8-10,15-19,26H,3-5,7,11-14H2,1-2H3/b9-6-/t15?,16-,17?,18+,19-,23?/m1/s1. The van der Waals surface area contributed by atoms with E-state index in [0.29, 0.717) is 26.1 Å². The number of esters is 1. The van der Waals surface area contributed by atoms with Crippen molar-refractivity contribution in [3.8, 4) is 0 Å². The molecule has 6 atom stereocenters. The number of amides is 2. The Kier molecular flexibility index (Phi) is 6.21. The number of fused-ring (bicyclic) bond motifs is 2. The number of unbranched alkanes of at least 4 members (excludes halogenated alkanes) is 1. The number of carbonyl (C=O) groups is 3. The van der Waals surface area contributed by atoms with Gasteiger partial charge in [-0.25, -0.2) is 0 Å². The van der Waals surface area contributed by atoms with Crippen molar-refractivity contribution in [1.29, 1.82) is 0 Å². The van der Waals surface area contributed by atoms with Crippen LogP contribution in [-0.4, -0.2) is 82.8 Å². The number of likely N-dealkylation sites (tertiary alicyclic amines) is 1. The average molecular weight is 433 g/mol. The Morgan fingerprint density at radius 2 is 2.06 bits per heavy atom. The van der Waals surface area contributed by atoms with Crippen molar-refractivity contribution in [1.82, 2.24) is 9.80 Å². The molecule has 4 heterocycles. The van der Waals surface area contributed by atoms with Crippen LogP contribution in [0.1, 0.15) is 39.5 Å². The lowest BCUT2D eigenvalue weighted by molar-refractivity contribution is -0.156. The average Bonchev–Trinajstić information content (AvgIpc) is 3.18. The predicted molar refractivity (Wildman–Crippen MR) is 112 cm³/mol. The number of hydrogen-bond acceptors (Lipinski definition) is 6. The van der Waals surface area contributed by atoms with Crippen LogP contribution in [0.5, 0.6) is 0 Å². The van der Waals surface area contributed by atoms with Gasteiger partial charge in [0.25, 0.3) is 0 Å². The molecule has 1 N–H and O–H groups in total. The number of allylic oxidation sites excluding steroid dienone is 1. The van der Waals surface area contributed by atoms with Gasteiger partial charge < -0.3 is 24.4 Å². The highest BCUT2D eigenvalue weighted by Crippen LogP contribution is 2.53. The third-order valence-electron chi connectivity index (χ3n) is 6.89. The van der Waals surface area contributed by atoms with Crippen LogP contribution in [0.25, 0.3) is 0 Å². The Bertz CT molecular complexity index is 795. The van der Waals surface area contributed by atoms with E-state index in [1.807, 2.05) is 24.3 Å². The highest BCUT2D eigenvalue weighted by atomic mass is 16.6. The van der Waals surface area contributed by atoms with Crippen LogP contribution in [0.15, 0.2) is 24.3 Å². The van der Waals surface area contributed by atoms with E-state index in [1.54, 1.807) is 11.8 Å². The molecule has 1 spiro atoms. The summed E-state index contributed by atoms with van der Waals surface area (Å²) < 4.78 is 11.9. The van der Waals surface area contributed by atoms with Crippen LogP contribution in [0.3, 0.4) is 0 Å². The molecule has 2 fully saturated rings. The Morgan fingerprint density at radius 1 is 1.26 bits per heavy atom. The molecule has 0 aromatic rings. The summed E-state index contributed by atoms with van der Waals surface area (Å²) in [4.78, 5) is 43.6. The largest absolute Gasteiger partial charge is 0.465 e. The zero-order valence-corrected chi connectivity index (χ0v) is 18.2. The summed E-state index contributed by atoms with van der Waals surface area (Å²) in [6.07, 6.45) is 10.1. The van der Waals surface area contributed by atoms with Crippen LogP contribution in [0.2, 0.25) is 0 Å². The van der Waals surface area contributed by atoms with Crippen molar-refractivity contribution in [2.75, 3.05) is 26.3 Å². The molecule has 0 bridgehead atoms. The molecule has 4 rings (SSSR count). The molecule has 2 saturated heterocycles. The second-order valence-electron chi connectivity index (χ2n) is 8.90. The third-order valence-corrected chi connectivity index (χ3v) is 6.89. The highest BCUT2D eigenvalue weighted by molar-refractivity contribution is 5.99. The van der Waals surface area contributed by atoms with Gasteiger partial charge in [0.2, 0.25) is 11.8 Å². The number of ether oxygens (including phenoxy) is 2. The molecule has 31 heavy (non-hydrogen) atoms. The first-order chi connectivity index (χ1) is 15.0. The third kappa shape index (κ3) is 3.49. The number of aliphatic hydroxyl groups is 1. The van der Waals surface area contributed by atoms with Crippen LogP contribution < -0.4 is 0 Å². The molecular formula is C23H32N2O6. The number of carbonyl (C=O) groups excluding carboxylic acids is 3. The van der Waals surface area contributed by atoms with Gasteiger partial charge in [-0.3, -0.25) is 14.4 Å². The second-order valence-corrected chi connectivity index (χ2v) is 8.90. The van der Waals surface area contributed by atoms with Gasteiger partial charge in [-0.15, -0.1) is 0 Å². The minimum atomic E-state index is -1.25. The lowest BCUT2D eigenvalue weighted by Gasteiger charge is -2.37. The van der Waals surface area contributed by atoms with Crippen molar-refractivity contribution in [3.05, 3.63) is 24.3 Å². The van der Waals surface area contributed by atoms with Gasteiger partial charge in [-0.05, 0) is 26.2 Å². The Morgan fingerprint density at radius 3 is 2.81 bits per heavy atom. The van der Waals surface area contributed by atoms with Gasteiger partial charge in [-0.2, -0.15) is 0 Å². The molecule has 0 radical (unpaired) electrons. The maximum absolute atomic E-state index is 13.7. The molecule has 0 aromatic heterocycles. The predicted octanol–water partition coefficient (Wildman–Crippen LogP) is 1.04. The second kappa shape index (κ2) is 8.74. The van der Waals surface area contributed by atoms with Crippen LogP contribution >= 0.6 is 0 Å². The van der Waals surface area contributed by atoms with Crippen molar-refractivity contribution in [2.45, 2.75) is 63.3 Å². The molecule has 170 valence electrons.